The lowest BCUT2D eigenvalue weighted by molar-refractivity contribution is -0.138. The van der Waals surface area contributed by atoms with Crippen LogP contribution in [0.4, 0.5) is 0 Å². The molecule has 1 aliphatic rings. The molecule has 1 saturated heterocycles. The van der Waals surface area contributed by atoms with Gasteiger partial charge in [0.15, 0.2) is 0 Å². The van der Waals surface area contributed by atoms with Gasteiger partial charge in [-0.2, -0.15) is 4.31 Å². The van der Waals surface area contributed by atoms with Gasteiger partial charge in [-0.25, -0.2) is 8.42 Å². The van der Waals surface area contributed by atoms with Crippen LogP contribution in [0.3, 0.4) is 0 Å². The summed E-state index contributed by atoms with van der Waals surface area (Å²) in [7, 11) is -2.08. The van der Waals surface area contributed by atoms with Crippen molar-refractivity contribution in [2.45, 2.75) is 66.0 Å². The van der Waals surface area contributed by atoms with Crippen LogP contribution in [0.2, 0.25) is 5.02 Å². The first-order valence-electron chi connectivity index (χ1n) is 12.6. The minimum absolute atomic E-state index is 0.0213. The van der Waals surface area contributed by atoms with Gasteiger partial charge >= 0.3 is 0 Å². The second-order valence-corrected chi connectivity index (χ2v) is 13.2. The van der Waals surface area contributed by atoms with Crippen molar-refractivity contribution in [3.05, 3.63) is 34.9 Å². The molecule has 0 aliphatic carbocycles. The van der Waals surface area contributed by atoms with Gasteiger partial charge in [-0.3, -0.25) is 9.59 Å². The molecule has 0 bridgehead atoms. The maximum atomic E-state index is 13.6. The summed E-state index contributed by atoms with van der Waals surface area (Å²) in [6.07, 6.45) is 2.23. The molecule has 0 spiro atoms. The molecule has 8 nitrogen and oxygen atoms in total. The van der Waals surface area contributed by atoms with Crippen molar-refractivity contribution < 1.29 is 22.7 Å². The first-order valence-corrected chi connectivity index (χ1v) is 14.6. The molecule has 0 unspecified atom stereocenters. The number of hydrogen-bond acceptors (Lipinski definition) is 5. The molecule has 2 amide bonds. The largest absolute Gasteiger partial charge is 0.383 e. The number of halogens is 1. The van der Waals surface area contributed by atoms with E-state index >= 15 is 0 Å². The zero-order chi connectivity index (χ0) is 26.9. The van der Waals surface area contributed by atoms with Gasteiger partial charge in [-0.1, -0.05) is 51.4 Å². The van der Waals surface area contributed by atoms with E-state index in [-0.39, 0.29) is 48.7 Å². The van der Waals surface area contributed by atoms with E-state index in [1.807, 2.05) is 43.9 Å². The van der Waals surface area contributed by atoms with Gasteiger partial charge in [0.05, 0.1) is 18.9 Å². The lowest BCUT2D eigenvalue weighted by atomic mass is 9.91. The Hall–Kier alpha value is -1.68. The van der Waals surface area contributed by atoms with E-state index in [0.717, 1.165) is 5.56 Å². The summed E-state index contributed by atoms with van der Waals surface area (Å²) >= 11 is 6.19. The number of hydrogen-bond donors (Lipinski definition) is 0. The van der Waals surface area contributed by atoms with E-state index in [9.17, 15) is 18.0 Å². The van der Waals surface area contributed by atoms with Gasteiger partial charge in [0.25, 0.3) is 0 Å². The highest BCUT2D eigenvalue weighted by Crippen LogP contribution is 2.25. The van der Waals surface area contributed by atoms with Crippen molar-refractivity contribution in [3.63, 3.8) is 0 Å². The van der Waals surface area contributed by atoms with Crippen LogP contribution < -0.4 is 0 Å². The number of benzene rings is 1. The van der Waals surface area contributed by atoms with E-state index in [1.54, 1.807) is 17.9 Å². The maximum absolute atomic E-state index is 13.6. The van der Waals surface area contributed by atoms with Crippen LogP contribution in [-0.2, 0) is 30.9 Å². The fourth-order valence-corrected chi connectivity index (χ4v) is 6.03. The lowest BCUT2D eigenvalue weighted by Gasteiger charge is -2.40. The second-order valence-electron chi connectivity index (χ2n) is 10.6. The summed E-state index contributed by atoms with van der Waals surface area (Å²) in [6, 6.07) is 7.24. The van der Waals surface area contributed by atoms with Gasteiger partial charge in [0.2, 0.25) is 21.8 Å². The molecule has 1 heterocycles. The summed E-state index contributed by atoms with van der Waals surface area (Å²) in [5, 5.41) is 0.578. The molecule has 1 aliphatic heterocycles. The number of amides is 2. The number of sulfonamides is 1. The van der Waals surface area contributed by atoms with Crippen LogP contribution in [0.1, 0.15) is 58.9 Å². The number of piperidine rings is 1. The predicted molar refractivity (Wildman–Crippen MR) is 143 cm³/mol. The lowest BCUT2D eigenvalue weighted by Crippen LogP contribution is -2.52. The van der Waals surface area contributed by atoms with E-state index in [1.165, 1.54) is 11.4 Å². The molecule has 204 valence electrons. The Kier molecular flexibility index (Phi) is 11.7. The van der Waals surface area contributed by atoms with E-state index in [2.05, 4.69) is 0 Å². The highest BCUT2D eigenvalue weighted by Gasteiger charge is 2.33. The number of likely N-dealkylation sites (tertiary alicyclic amines) is 1. The van der Waals surface area contributed by atoms with Gasteiger partial charge < -0.3 is 14.5 Å². The smallest absolute Gasteiger partial charge is 0.238 e. The quantitative estimate of drug-likeness (QED) is 0.400. The van der Waals surface area contributed by atoms with Crippen LogP contribution >= 0.6 is 11.6 Å². The van der Waals surface area contributed by atoms with Crippen LogP contribution in [0.15, 0.2) is 24.3 Å². The molecular weight excluding hydrogens is 502 g/mol. The molecule has 0 N–H and O–H groups in total. The molecule has 0 saturated carbocycles. The monoisotopic (exact) mass is 543 g/mol. The van der Waals surface area contributed by atoms with Crippen molar-refractivity contribution in [3.8, 4) is 0 Å². The van der Waals surface area contributed by atoms with Crippen LogP contribution in [-0.4, -0.2) is 86.0 Å². The minimum atomic E-state index is -3.59. The molecule has 2 rings (SSSR count). The standard InChI is InChI=1S/C26H42ClN3O5S/c1-6-16-36(33,34)29(14-15-35-5)20-25(32)30(19-21-8-7-9-22(27)17-21)23-10-12-28(13-11-23)24(31)18-26(2,3)4/h7-9,17,23H,6,10-16,18-20H2,1-5H3. The third-order valence-electron chi connectivity index (χ3n) is 6.21. The van der Waals surface area contributed by atoms with E-state index < -0.39 is 10.0 Å². The zero-order valence-corrected chi connectivity index (χ0v) is 23.9. The van der Waals surface area contributed by atoms with Gasteiger partial charge in [0.1, 0.15) is 0 Å². The zero-order valence-electron chi connectivity index (χ0n) is 22.3. The summed E-state index contributed by atoms with van der Waals surface area (Å²) in [5.74, 6) is -0.151. The number of methoxy groups -OCH3 is 1. The SMILES string of the molecule is CCCS(=O)(=O)N(CCOC)CC(=O)N(Cc1cccc(Cl)c1)C1CCN(C(=O)CC(C)(C)C)CC1. The fourth-order valence-electron chi connectivity index (χ4n) is 4.38. The van der Waals surface area contributed by atoms with Gasteiger partial charge in [-0.05, 0) is 42.4 Å². The molecule has 10 heteroatoms. The number of nitrogens with zero attached hydrogens (tertiary/aromatic N) is 3. The predicted octanol–water partition coefficient (Wildman–Crippen LogP) is 3.78. The minimum Gasteiger partial charge on any atom is -0.383 e. The Balaban J connectivity index is 2.22. The average Bonchev–Trinajstić information content (AvgIpc) is 2.79. The summed E-state index contributed by atoms with van der Waals surface area (Å²) in [6.45, 7) is 9.49. The molecule has 1 aromatic rings. The van der Waals surface area contributed by atoms with E-state index in [0.29, 0.717) is 50.3 Å². The highest BCUT2D eigenvalue weighted by molar-refractivity contribution is 7.89. The van der Waals surface area contributed by atoms with Crippen LogP contribution in [0, 0.1) is 5.41 Å². The van der Waals surface area contributed by atoms with Gasteiger partial charge in [0, 0.05) is 50.8 Å². The maximum Gasteiger partial charge on any atom is 0.238 e. The summed E-state index contributed by atoms with van der Waals surface area (Å²) in [5.41, 5.74) is 0.792. The Labute approximate surface area is 222 Å². The molecular formula is C26H42ClN3O5S. The molecule has 0 aromatic heterocycles. The Morgan fingerprint density at radius 2 is 1.86 bits per heavy atom. The molecule has 1 fully saturated rings. The van der Waals surface area contributed by atoms with Gasteiger partial charge in [-0.15, -0.1) is 0 Å². The highest BCUT2D eigenvalue weighted by atomic mass is 35.5. The number of carbonyl (C=O) groups is 2. The van der Waals surface area contributed by atoms with Crippen molar-refractivity contribution in [2.75, 3.05) is 45.6 Å². The first-order chi connectivity index (χ1) is 16.9. The number of carbonyl (C=O) groups excluding carboxylic acids is 2. The normalized spacial score (nSPS) is 15.4. The average molecular weight is 544 g/mol. The van der Waals surface area contributed by atoms with Crippen molar-refractivity contribution in [1.29, 1.82) is 0 Å². The topological polar surface area (TPSA) is 87.2 Å². The second kappa shape index (κ2) is 13.7. The number of ether oxygens (including phenoxy) is 1. The molecule has 36 heavy (non-hydrogen) atoms. The Bertz CT molecular complexity index is 972. The third kappa shape index (κ3) is 9.65. The Morgan fingerprint density at radius 3 is 2.42 bits per heavy atom. The molecule has 0 radical (unpaired) electrons. The van der Waals surface area contributed by atoms with E-state index in [4.69, 9.17) is 16.3 Å². The number of rotatable bonds is 12. The third-order valence-corrected chi connectivity index (χ3v) is 8.47. The van der Waals surface area contributed by atoms with Crippen molar-refractivity contribution in [2.24, 2.45) is 5.41 Å². The van der Waals surface area contributed by atoms with Crippen LogP contribution in [0.25, 0.3) is 0 Å². The first kappa shape index (κ1) is 30.5. The summed E-state index contributed by atoms with van der Waals surface area (Å²) < 4.78 is 32.0. The fraction of sp³-hybridized carbons (Fsp3) is 0.692. The van der Waals surface area contributed by atoms with Crippen LogP contribution in [0.5, 0.6) is 0 Å². The van der Waals surface area contributed by atoms with Crippen molar-refractivity contribution >= 4 is 33.4 Å². The molecule has 0 atom stereocenters. The molecule has 1 aromatic carbocycles. The Morgan fingerprint density at radius 1 is 1.19 bits per heavy atom. The van der Waals surface area contributed by atoms with Crippen molar-refractivity contribution in [1.82, 2.24) is 14.1 Å². The summed E-state index contributed by atoms with van der Waals surface area (Å²) in [4.78, 5) is 30.0.